The number of nitrogens with zero attached hydrogens (tertiary/aromatic N) is 2. The molecule has 0 aliphatic rings. The molecule has 22 heavy (non-hydrogen) atoms. The van der Waals surface area contributed by atoms with Crippen molar-refractivity contribution in [2.24, 2.45) is 0 Å². The van der Waals surface area contributed by atoms with Crippen LogP contribution in [0.1, 0.15) is 5.56 Å². The van der Waals surface area contributed by atoms with Crippen molar-refractivity contribution < 1.29 is 14.4 Å². The Morgan fingerprint density at radius 2 is 2.09 bits per heavy atom. The monoisotopic (exact) mass is 319 g/mol. The van der Waals surface area contributed by atoms with Crippen LogP contribution in [0.25, 0.3) is 0 Å². The van der Waals surface area contributed by atoms with Gasteiger partial charge in [-0.1, -0.05) is 6.07 Å². The molecule has 114 valence electrons. The molecule has 1 aromatic carbocycles. The number of carbonyl (C=O) groups excluding carboxylic acids is 1. The van der Waals surface area contributed by atoms with E-state index in [1.165, 1.54) is 18.3 Å². The van der Waals surface area contributed by atoms with E-state index in [9.17, 15) is 20.1 Å². The van der Waals surface area contributed by atoms with E-state index in [0.717, 1.165) is 11.8 Å². The largest absolute Gasteiger partial charge is 0.618 e. The molecule has 7 nitrogen and oxygen atoms in total. The van der Waals surface area contributed by atoms with Gasteiger partial charge in [-0.15, -0.1) is 0 Å². The quantitative estimate of drug-likeness (QED) is 0.300. The average Bonchev–Trinajstić information content (AvgIpc) is 2.48. The second kappa shape index (κ2) is 6.90. The predicted octanol–water partition coefficient (Wildman–Crippen LogP) is 2.27. The third-order valence-electron chi connectivity index (χ3n) is 2.92. The molecule has 1 N–H and O–H groups in total. The summed E-state index contributed by atoms with van der Waals surface area (Å²) < 4.78 is 0.677. The second-order valence-electron chi connectivity index (χ2n) is 4.41. The van der Waals surface area contributed by atoms with Gasteiger partial charge in [-0.2, -0.15) is 4.73 Å². The van der Waals surface area contributed by atoms with Gasteiger partial charge in [-0.25, -0.2) is 0 Å². The van der Waals surface area contributed by atoms with Gasteiger partial charge in [0.05, 0.1) is 21.9 Å². The van der Waals surface area contributed by atoms with Gasteiger partial charge in [0.2, 0.25) is 5.91 Å². The first-order valence-corrected chi connectivity index (χ1v) is 7.32. The molecule has 8 heteroatoms. The van der Waals surface area contributed by atoms with E-state index in [-0.39, 0.29) is 17.3 Å². The van der Waals surface area contributed by atoms with E-state index in [0.29, 0.717) is 21.0 Å². The first-order chi connectivity index (χ1) is 10.5. The van der Waals surface area contributed by atoms with Crippen molar-refractivity contribution in [2.45, 2.75) is 11.9 Å². The number of anilines is 1. The number of aromatic nitrogens is 1. The van der Waals surface area contributed by atoms with E-state index in [1.54, 1.807) is 31.2 Å². The van der Waals surface area contributed by atoms with Crippen LogP contribution >= 0.6 is 11.8 Å². The topological polar surface area (TPSA) is 99.2 Å². The Morgan fingerprint density at radius 1 is 1.32 bits per heavy atom. The smallest absolute Gasteiger partial charge is 0.274 e. The summed E-state index contributed by atoms with van der Waals surface area (Å²) in [5.41, 5.74) is 0.734. The Bertz CT molecular complexity index is 721. The Morgan fingerprint density at radius 3 is 2.77 bits per heavy atom. The first kappa shape index (κ1) is 15.8. The van der Waals surface area contributed by atoms with E-state index in [1.807, 2.05) is 0 Å². The van der Waals surface area contributed by atoms with Crippen LogP contribution in [0, 0.1) is 22.2 Å². The van der Waals surface area contributed by atoms with Crippen molar-refractivity contribution in [3.63, 3.8) is 0 Å². The SMILES string of the molecule is Cc1c(NC(=O)CSc2cccc[n+]2[O-])cccc1[N+](=O)[O-]. The maximum absolute atomic E-state index is 11.9. The molecule has 0 saturated carbocycles. The molecule has 0 atom stereocenters. The molecule has 0 saturated heterocycles. The number of benzene rings is 1. The summed E-state index contributed by atoms with van der Waals surface area (Å²) in [4.78, 5) is 22.3. The number of pyridine rings is 1. The molecule has 1 amide bonds. The molecular formula is C14H13N3O4S. The number of thioether (sulfide) groups is 1. The summed E-state index contributed by atoms with van der Waals surface area (Å²) in [5, 5.41) is 25.3. The van der Waals surface area contributed by atoms with Gasteiger partial charge in [-0.3, -0.25) is 14.9 Å². The van der Waals surface area contributed by atoms with Crippen LogP contribution in [-0.4, -0.2) is 16.6 Å². The van der Waals surface area contributed by atoms with Crippen LogP contribution in [0.3, 0.4) is 0 Å². The fourth-order valence-corrected chi connectivity index (χ4v) is 2.52. The zero-order valence-corrected chi connectivity index (χ0v) is 12.5. The highest BCUT2D eigenvalue weighted by molar-refractivity contribution is 7.99. The number of nitro groups is 1. The summed E-state index contributed by atoms with van der Waals surface area (Å²) in [7, 11) is 0. The highest BCUT2D eigenvalue weighted by Crippen LogP contribution is 2.25. The Balaban J connectivity index is 2.02. The van der Waals surface area contributed by atoms with Crippen LogP contribution in [0.5, 0.6) is 0 Å². The van der Waals surface area contributed by atoms with Crippen LogP contribution in [0.4, 0.5) is 11.4 Å². The minimum absolute atomic E-state index is 0.0361. The van der Waals surface area contributed by atoms with Gasteiger partial charge in [0, 0.05) is 18.2 Å². The number of rotatable bonds is 5. The zero-order valence-electron chi connectivity index (χ0n) is 11.7. The van der Waals surface area contributed by atoms with Gasteiger partial charge < -0.3 is 10.5 Å². The minimum atomic E-state index is -0.496. The number of hydrogen-bond acceptors (Lipinski definition) is 5. The standard InChI is InChI=1S/C14H13N3O4S/c1-10-11(5-4-6-12(10)17(20)21)15-13(18)9-22-14-7-2-3-8-16(14)19/h2-8H,9H2,1H3,(H,15,18). The van der Waals surface area contributed by atoms with Gasteiger partial charge in [0.1, 0.15) is 0 Å². The molecule has 0 fully saturated rings. The van der Waals surface area contributed by atoms with E-state index >= 15 is 0 Å². The molecular weight excluding hydrogens is 306 g/mol. The van der Waals surface area contributed by atoms with Crippen molar-refractivity contribution in [1.82, 2.24) is 0 Å². The van der Waals surface area contributed by atoms with Crippen LogP contribution in [-0.2, 0) is 4.79 Å². The van der Waals surface area contributed by atoms with Crippen molar-refractivity contribution in [3.8, 4) is 0 Å². The lowest BCUT2D eigenvalue weighted by Gasteiger charge is -2.08. The highest BCUT2D eigenvalue weighted by Gasteiger charge is 2.15. The number of carbonyl (C=O) groups is 1. The summed E-state index contributed by atoms with van der Waals surface area (Å²) in [6.07, 6.45) is 1.35. The molecule has 2 aromatic rings. The molecule has 0 unspecified atom stereocenters. The van der Waals surface area contributed by atoms with Gasteiger partial charge >= 0.3 is 0 Å². The normalized spacial score (nSPS) is 10.2. The fourth-order valence-electron chi connectivity index (χ4n) is 1.81. The number of nitrogens with one attached hydrogen (secondary N) is 1. The molecule has 0 aliphatic carbocycles. The molecule has 0 spiro atoms. The third-order valence-corrected chi connectivity index (χ3v) is 3.93. The summed E-state index contributed by atoms with van der Waals surface area (Å²) in [5.74, 6) is -0.300. The Hall–Kier alpha value is -2.61. The predicted molar refractivity (Wildman–Crippen MR) is 82.6 cm³/mol. The lowest BCUT2D eigenvalue weighted by molar-refractivity contribution is -0.645. The van der Waals surface area contributed by atoms with E-state index < -0.39 is 4.92 Å². The van der Waals surface area contributed by atoms with Gasteiger partial charge in [0.15, 0.2) is 6.20 Å². The number of hydrogen-bond donors (Lipinski definition) is 1. The Kier molecular flexibility index (Phi) is 4.95. The van der Waals surface area contributed by atoms with E-state index in [4.69, 9.17) is 0 Å². The molecule has 1 aromatic heterocycles. The first-order valence-electron chi connectivity index (χ1n) is 6.34. The van der Waals surface area contributed by atoms with Crippen LogP contribution in [0.15, 0.2) is 47.6 Å². The van der Waals surface area contributed by atoms with Gasteiger partial charge in [-0.05, 0) is 30.8 Å². The molecule has 0 aliphatic heterocycles. The summed E-state index contributed by atoms with van der Waals surface area (Å²) >= 11 is 1.10. The number of amides is 1. The maximum Gasteiger partial charge on any atom is 0.274 e. The highest BCUT2D eigenvalue weighted by atomic mass is 32.2. The van der Waals surface area contributed by atoms with Crippen LogP contribution in [0.2, 0.25) is 0 Å². The van der Waals surface area contributed by atoms with Gasteiger partial charge in [0.25, 0.3) is 10.7 Å². The lowest BCUT2D eigenvalue weighted by Crippen LogP contribution is -2.28. The van der Waals surface area contributed by atoms with Crippen molar-refractivity contribution in [2.75, 3.05) is 11.1 Å². The zero-order chi connectivity index (χ0) is 16.1. The van der Waals surface area contributed by atoms with Crippen molar-refractivity contribution >= 4 is 29.0 Å². The average molecular weight is 319 g/mol. The molecule has 0 bridgehead atoms. The minimum Gasteiger partial charge on any atom is -0.618 e. The Labute approximate surface area is 130 Å². The second-order valence-corrected chi connectivity index (χ2v) is 5.40. The number of nitro benzene ring substituents is 1. The molecule has 2 rings (SSSR count). The maximum atomic E-state index is 11.9. The third kappa shape index (κ3) is 3.73. The van der Waals surface area contributed by atoms with Crippen LogP contribution < -0.4 is 10.0 Å². The lowest BCUT2D eigenvalue weighted by atomic mass is 10.1. The van der Waals surface area contributed by atoms with Crippen molar-refractivity contribution in [1.29, 1.82) is 0 Å². The summed E-state index contributed by atoms with van der Waals surface area (Å²) in [6, 6.07) is 9.41. The fraction of sp³-hybridized carbons (Fsp3) is 0.143. The molecule has 1 heterocycles. The van der Waals surface area contributed by atoms with Crippen molar-refractivity contribution in [3.05, 3.63) is 63.5 Å². The van der Waals surface area contributed by atoms with E-state index in [2.05, 4.69) is 5.32 Å². The molecule has 0 radical (unpaired) electrons. The summed E-state index contributed by atoms with van der Waals surface area (Å²) in [6.45, 7) is 1.57.